The molecule has 0 saturated carbocycles. The molecule has 448 valence electrons. The number of nitrogens with one attached hydrogen (secondary N) is 3. The quantitative estimate of drug-likeness (QED) is 0.0346. The highest BCUT2D eigenvalue weighted by Crippen LogP contribution is 2.14. The van der Waals surface area contributed by atoms with Crippen molar-refractivity contribution in [2.45, 2.75) is 148 Å². The highest BCUT2D eigenvalue weighted by molar-refractivity contribution is 5.85. The molecule has 20 heteroatoms. The molecule has 2 aromatic rings. The second-order valence-corrected chi connectivity index (χ2v) is 19.6. The molecule has 0 fully saturated rings. The number of ether oxygens (including phenoxy) is 11. The Morgan fingerprint density at radius 2 is 0.772 bits per heavy atom. The predicted octanol–water partition coefficient (Wildman–Crippen LogP) is 6.91. The van der Waals surface area contributed by atoms with E-state index in [1.165, 1.54) is 0 Å². The first-order valence-corrected chi connectivity index (χ1v) is 28.5. The topological polar surface area (TPSA) is 240 Å². The Morgan fingerprint density at radius 1 is 0.392 bits per heavy atom. The monoisotopic (exact) mass is 1120 g/mol. The molecule has 0 aromatic heterocycles. The lowest BCUT2D eigenvalue weighted by Crippen LogP contribution is -2.42. The van der Waals surface area contributed by atoms with Gasteiger partial charge in [0.1, 0.15) is 24.9 Å². The SMILES string of the molecule is CC(C)(C)OC(=O)CCOCCOCCOCCOCCNC(=O)CCOCCOCCOCCOCCNC(=O)CC[C@H](NC(=O)CCCCCCCCCCCCC(=O)OCc1ccccc1)C(=O)OCc1ccccc1. The van der Waals surface area contributed by atoms with Crippen molar-refractivity contribution in [2.75, 3.05) is 119 Å². The second-order valence-electron chi connectivity index (χ2n) is 19.6. The van der Waals surface area contributed by atoms with Gasteiger partial charge in [-0.1, -0.05) is 112 Å². The van der Waals surface area contributed by atoms with E-state index in [2.05, 4.69) is 16.0 Å². The molecule has 20 nitrogen and oxygen atoms in total. The number of esters is 3. The van der Waals surface area contributed by atoms with Gasteiger partial charge in [0.05, 0.1) is 112 Å². The van der Waals surface area contributed by atoms with Gasteiger partial charge >= 0.3 is 17.9 Å². The van der Waals surface area contributed by atoms with E-state index in [0.717, 1.165) is 68.9 Å². The van der Waals surface area contributed by atoms with Crippen LogP contribution in [-0.4, -0.2) is 166 Å². The summed E-state index contributed by atoms with van der Waals surface area (Å²) in [6, 6.07) is 18.0. The molecule has 1 atom stereocenters. The summed E-state index contributed by atoms with van der Waals surface area (Å²) < 4.78 is 59.9. The first-order chi connectivity index (χ1) is 38.4. The van der Waals surface area contributed by atoms with Gasteiger partial charge in [-0.15, -0.1) is 0 Å². The van der Waals surface area contributed by atoms with E-state index >= 15 is 0 Å². The highest BCUT2D eigenvalue weighted by Gasteiger charge is 2.23. The van der Waals surface area contributed by atoms with Crippen molar-refractivity contribution in [3.63, 3.8) is 0 Å². The van der Waals surface area contributed by atoms with E-state index in [9.17, 15) is 28.8 Å². The van der Waals surface area contributed by atoms with Crippen molar-refractivity contribution in [1.29, 1.82) is 0 Å². The number of hydrogen-bond acceptors (Lipinski definition) is 17. The Morgan fingerprint density at radius 3 is 1.23 bits per heavy atom. The van der Waals surface area contributed by atoms with Crippen LogP contribution in [0, 0.1) is 0 Å². The second kappa shape index (κ2) is 48.8. The molecule has 0 bridgehead atoms. The van der Waals surface area contributed by atoms with Gasteiger partial charge in [-0.25, -0.2) is 4.79 Å². The van der Waals surface area contributed by atoms with Crippen LogP contribution < -0.4 is 16.0 Å². The molecule has 0 aliphatic carbocycles. The van der Waals surface area contributed by atoms with Crippen molar-refractivity contribution in [3.8, 4) is 0 Å². The van der Waals surface area contributed by atoms with Crippen LogP contribution in [0.15, 0.2) is 60.7 Å². The highest BCUT2D eigenvalue weighted by atomic mass is 16.6. The fourth-order valence-electron chi connectivity index (χ4n) is 7.34. The Bertz CT molecular complexity index is 1850. The van der Waals surface area contributed by atoms with E-state index in [4.69, 9.17) is 52.1 Å². The van der Waals surface area contributed by atoms with E-state index in [-0.39, 0.29) is 94.7 Å². The average molecular weight is 1120 g/mol. The van der Waals surface area contributed by atoms with Crippen LogP contribution >= 0.6 is 0 Å². The molecular weight excluding hydrogens is 1020 g/mol. The fraction of sp³-hybridized carbons (Fsp3) is 0.695. The number of carbonyl (C=O) groups excluding carboxylic acids is 6. The molecular formula is C59H95N3O17. The lowest BCUT2D eigenvalue weighted by molar-refractivity contribution is -0.156. The lowest BCUT2D eigenvalue weighted by Gasteiger charge is -2.19. The molecule has 3 N–H and O–H groups in total. The molecule has 79 heavy (non-hydrogen) atoms. The van der Waals surface area contributed by atoms with Crippen LogP contribution in [0.4, 0.5) is 0 Å². The van der Waals surface area contributed by atoms with Crippen LogP contribution in [-0.2, 0) is 94.1 Å². The minimum Gasteiger partial charge on any atom is -0.461 e. The molecule has 0 radical (unpaired) electrons. The number of hydrogen-bond donors (Lipinski definition) is 3. The Hall–Kier alpha value is -5.06. The van der Waals surface area contributed by atoms with Crippen molar-refractivity contribution in [2.24, 2.45) is 0 Å². The summed E-state index contributed by atoms with van der Waals surface area (Å²) in [6.45, 7) is 12.3. The normalized spacial score (nSPS) is 11.7. The number of unbranched alkanes of at least 4 members (excludes halogenated alkanes) is 9. The third-order valence-electron chi connectivity index (χ3n) is 11.5. The maximum atomic E-state index is 13.1. The van der Waals surface area contributed by atoms with Crippen LogP contribution in [0.5, 0.6) is 0 Å². The first-order valence-electron chi connectivity index (χ1n) is 28.5. The predicted molar refractivity (Wildman–Crippen MR) is 297 cm³/mol. The van der Waals surface area contributed by atoms with Gasteiger partial charge in [0, 0.05) is 38.8 Å². The summed E-state index contributed by atoms with van der Waals surface area (Å²) >= 11 is 0. The molecule has 0 aliphatic rings. The van der Waals surface area contributed by atoms with E-state index < -0.39 is 17.6 Å². The Balaban J connectivity index is 1.38. The van der Waals surface area contributed by atoms with Gasteiger partial charge in [-0.2, -0.15) is 0 Å². The zero-order valence-electron chi connectivity index (χ0n) is 47.7. The minimum atomic E-state index is -0.954. The van der Waals surface area contributed by atoms with Crippen molar-refractivity contribution >= 4 is 35.6 Å². The molecule has 0 heterocycles. The van der Waals surface area contributed by atoms with Crippen LogP contribution in [0.1, 0.15) is 135 Å². The largest absolute Gasteiger partial charge is 0.461 e. The molecule has 3 amide bonds. The standard InChI is InChI=1S/C59H95N3O17/c1-59(2,3)79-57(67)29-33-70-37-41-74-45-47-76-43-39-72-35-31-61-54(64)28-32-69-36-40-73-44-46-75-42-38-71-34-30-60-53(63)27-26-52(58(68)78-49-51-22-16-13-17-23-51)62-55(65)24-18-10-8-6-4-5-7-9-11-19-25-56(66)77-48-50-20-14-12-15-21-50/h12-17,20-23,52H,4-11,18-19,24-49H2,1-3H3,(H,60,63)(H,61,64)(H,62,65)/t52-/m0/s1. The minimum absolute atomic E-state index is 0.0187. The summed E-state index contributed by atoms with van der Waals surface area (Å²) in [6.07, 6.45) is 11.4. The Kier molecular flexibility index (Phi) is 43.3. The van der Waals surface area contributed by atoms with Crippen molar-refractivity contribution < 1.29 is 80.9 Å². The summed E-state index contributed by atoms with van der Waals surface area (Å²) in [5.41, 5.74) is 1.31. The fourth-order valence-corrected chi connectivity index (χ4v) is 7.34. The van der Waals surface area contributed by atoms with E-state index in [1.54, 1.807) is 0 Å². The van der Waals surface area contributed by atoms with Gasteiger partial charge in [-0.3, -0.25) is 24.0 Å². The molecule has 2 aromatic carbocycles. The van der Waals surface area contributed by atoms with E-state index in [1.807, 2.05) is 81.4 Å². The molecule has 0 spiro atoms. The zero-order valence-corrected chi connectivity index (χ0v) is 47.7. The van der Waals surface area contributed by atoms with Crippen molar-refractivity contribution in [3.05, 3.63) is 71.8 Å². The summed E-state index contributed by atoms with van der Waals surface area (Å²) in [5.74, 6) is -1.67. The third-order valence-corrected chi connectivity index (χ3v) is 11.5. The van der Waals surface area contributed by atoms with Crippen molar-refractivity contribution in [1.82, 2.24) is 16.0 Å². The molecule has 2 rings (SSSR count). The maximum Gasteiger partial charge on any atom is 0.328 e. The van der Waals surface area contributed by atoms with Gasteiger partial charge in [-0.05, 0) is 51.2 Å². The zero-order chi connectivity index (χ0) is 57.1. The van der Waals surface area contributed by atoms with Gasteiger partial charge in [0.2, 0.25) is 17.7 Å². The van der Waals surface area contributed by atoms with Gasteiger partial charge in [0.25, 0.3) is 0 Å². The lowest BCUT2D eigenvalue weighted by atomic mass is 10.0. The first kappa shape index (κ1) is 70.0. The maximum absolute atomic E-state index is 13.1. The molecule has 0 saturated heterocycles. The van der Waals surface area contributed by atoms with Gasteiger partial charge < -0.3 is 68.1 Å². The van der Waals surface area contributed by atoms with Crippen LogP contribution in [0.3, 0.4) is 0 Å². The Labute approximate surface area is 470 Å². The molecule has 0 unspecified atom stereocenters. The smallest absolute Gasteiger partial charge is 0.328 e. The van der Waals surface area contributed by atoms with Gasteiger partial charge in [0.15, 0.2) is 0 Å². The number of carbonyl (C=O) groups is 6. The summed E-state index contributed by atoms with van der Waals surface area (Å²) in [7, 11) is 0. The third kappa shape index (κ3) is 45.4. The van der Waals surface area contributed by atoms with Crippen LogP contribution in [0.2, 0.25) is 0 Å². The number of rotatable bonds is 52. The number of benzene rings is 2. The summed E-state index contributed by atoms with van der Waals surface area (Å²) in [5, 5.41) is 8.38. The van der Waals surface area contributed by atoms with E-state index in [0.29, 0.717) is 112 Å². The summed E-state index contributed by atoms with van der Waals surface area (Å²) in [4.78, 5) is 74.3. The molecule has 0 aliphatic heterocycles. The number of amides is 3. The average Bonchev–Trinajstić information content (AvgIpc) is 3.43. The van der Waals surface area contributed by atoms with Crippen LogP contribution in [0.25, 0.3) is 0 Å².